The summed E-state index contributed by atoms with van der Waals surface area (Å²) >= 11 is 0. The Morgan fingerprint density at radius 3 is 2.36 bits per heavy atom. The van der Waals surface area contributed by atoms with Gasteiger partial charge >= 0.3 is 0 Å². The lowest BCUT2D eigenvalue weighted by Crippen LogP contribution is -1.81. The lowest BCUT2D eigenvalue weighted by molar-refractivity contribution is 0.644. The quantitative estimate of drug-likeness (QED) is 0.529. The van der Waals surface area contributed by atoms with E-state index in [2.05, 4.69) is 20.1 Å². The Morgan fingerprint density at radius 1 is 1.36 bits per heavy atom. The molecule has 0 aliphatic rings. The van der Waals surface area contributed by atoms with Gasteiger partial charge in [-0.2, -0.15) is 0 Å². The average molecular weight is 154 g/mol. The van der Waals surface area contributed by atoms with Gasteiger partial charge in [0.25, 0.3) is 0 Å². The maximum atomic E-state index is 12.8. The van der Waals surface area contributed by atoms with Gasteiger partial charge in [0.15, 0.2) is 0 Å². The van der Waals surface area contributed by atoms with Gasteiger partial charge in [-0.3, -0.25) is 0 Å². The molecule has 0 aliphatic heterocycles. The van der Waals surface area contributed by atoms with E-state index < -0.39 is 0 Å². The predicted octanol–water partition coefficient (Wildman–Crippen LogP) is 3.77. The van der Waals surface area contributed by atoms with E-state index in [1.807, 2.05) is 0 Å². The second-order valence-corrected chi connectivity index (χ2v) is 2.38. The highest BCUT2D eigenvalue weighted by Crippen LogP contribution is 2.15. The normalized spacial score (nSPS) is 12.2. The van der Waals surface area contributed by atoms with Gasteiger partial charge in [-0.15, -0.1) is 0 Å². The second kappa shape index (κ2) is 5.90. The molecule has 0 N–H and O–H groups in total. The van der Waals surface area contributed by atoms with Gasteiger partial charge in [-0.05, 0) is 24.5 Å². The zero-order valence-corrected chi connectivity index (χ0v) is 7.07. The number of halogens is 1. The Balaban J connectivity index is 4.14. The van der Waals surface area contributed by atoms with Crippen molar-refractivity contribution in [3.05, 3.63) is 36.7 Å². The van der Waals surface area contributed by atoms with E-state index >= 15 is 0 Å². The standard InChI is InChI=1S/C10H15F/c1-4-7-8-9(5-2)10(11)6-3/h5-6H,2-4,7-8H2,1H3/b10-9-. The van der Waals surface area contributed by atoms with Gasteiger partial charge < -0.3 is 0 Å². The molecule has 0 amide bonds. The van der Waals surface area contributed by atoms with E-state index in [0.717, 1.165) is 19.3 Å². The molecule has 0 radical (unpaired) electrons. The van der Waals surface area contributed by atoms with Crippen LogP contribution in [0.1, 0.15) is 26.2 Å². The molecule has 0 aromatic carbocycles. The van der Waals surface area contributed by atoms with E-state index in [-0.39, 0.29) is 5.83 Å². The number of hydrogen-bond acceptors (Lipinski definition) is 0. The molecule has 0 aromatic rings. The van der Waals surface area contributed by atoms with Crippen molar-refractivity contribution >= 4 is 0 Å². The largest absolute Gasteiger partial charge is 0.207 e. The van der Waals surface area contributed by atoms with Crippen LogP contribution in [0, 0.1) is 0 Å². The topological polar surface area (TPSA) is 0 Å². The van der Waals surface area contributed by atoms with Crippen LogP contribution in [0.5, 0.6) is 0 Å². The summed E-state index contributed by atoms with van der Waals surface area (Å²) in [6.07, 6.45) is 5.63. The molecule has 1 heteroatoms. The van der Waals surface area contributed by atoms with Crippen LogP contribution in [0.2, 0.25) is 0 Å². The number of rotatable bonds is 5. The van der Waals surface area contributed by atoms with Gasteiger partial charge in [0.05, 0.1) is 0 Å². The molecule has 0 fully saturated rings. The van der Waals surface area contributed by atoms with Crippen LogP contribution < -0.4 is 0 Å². The lowest BCUT2D eigenvalue weighted by atomic mass is 10.1. The third kappa shape index (κ3) is 3.76. The first kappa shape index (κ1) is 10.2. The van der Waals surface area contributed by atoms with E-state index in [1.54, 1.807) is 6.08 Å². The molecule has 0 spiro atoms. The van der Waals surface area contributed by atoms with E-state index in [0.29, 0.717) is 5.57 Å². The molecular formula is C10H15F. The predicted molar refractivity (Wildman–Crippen MR) is 48.1 cm³/mol. The van der Waals surface area contributed by atoms with Gasteiger partial charge in [0.1, 0.15) is 5.83 Å². The van der Waals surface area contributed by atoms with Crippen molar-refractivity contribution < 1.29 is 4.39 Å². The summed E-state index contributed by atoms with van der Waals surface area (Å²) in [6.45, 7) is 8.97. The molecule has 0 unspecified atom stereocenters. The van der Waals surface area contributed by atoms with Crippen LogP contribution in [-0.4, -0.2) is 0 Å². The van der Waals surface area contributed by atoms with Crippen molar-refractivity contribution in [3.8, 4) is 0 Å². The third-order valence-corrected chi connectivity index (χ3v) is 1.53. The van der Waals surface area contributed by atoms with E-state index in [9.17, 15) is 4.39 Å². The number of unbranched alkanes of at least 4 members (excludes halogenated alkanes) is 1. The van der Waals surface area contributed by atoms with Crippen molar-refractivity contribution in [1.82, 2.24) is 0 Å². The van der Waals surface area contributed by atoms with Crippen LogP contribution in [0.25, 0.3) is 0 Å². The third-order valence-electron chi connectivity index (χ3n) is 1.53. The number of allylic oxidation sites excluding steroid dienone is 4. The Hall–Kier alpha value is -0.850. The molecule has 0 atom stereocenters. The molecule has 0 nitrogen and oxygen atoms in total. The fraction of sp³-hybridized carbons (Fsp3) is 0.400. The summed E-state index contributed by atoms with van der Waals surface area (Å²) in [4.78, 5) is 0. The van der Waals surface area contributed by atoms with E-state index in [1.165, 1.54) is 6.08 Å². The Morgan fingerprint density at radius 2 is 2.00 bits per heavy atom. The first-order valence-corrected chi connectivity index (χ1v) is 3.89. The summed E-state index contributed by atoms with van der Waals surface area (Å²) in [5.41, 5.74) is 0.668. The van der Waals surface area contributed by atoms with Crippen molar-refractivity contribution in [2.24, 2.45) is 0 Å². The molecular weight excluding hydrogens is 139 g/mol. The zero-order valence-electron chi connectivity index (χ0n) is 7.07. The Kier molecular flexibility index (Phi) is 5.44. The first-order chi connectivity index (χ1) is 5.26. The first-order valence-electron chi connectivity index (χ1n) is 3.89. The van der Waals surface area contributed by atoms with E-state index in [4.69, 9.17) is 0 Å². The summed E-state index contributed by atoms with van der Waals surface area (Å²) in [5.74, 6) is -0.242. The van der Waals surface area contributed by atoms with Crippen LogP contribution in [0.4, 0.5) is 4.39 Å². The number of hydrogen-bond donors (Lipinski definition) is 0. The van der Waals surface area contributed by atoms with Crippen LogP contribution >= 0.6 is 0 Å². The lowest BCUT2D eigenvalue weighted by Gasteiger charge is -1.99. The van der Waals surface area contributed by atoms with Crippen molar-refractivity contribution in [1.29, 1.82) is 0 Å². The molecule has 11 heavy (non-hydrogen) atoms. The molecule has 0 rings (SSSR count). The molecule has 0 saturated carbocycles. The van der Waals surface area contributed by atoms with Gasteiger partial charge in [0.2, 0.25) is 0 Å². The molecule has 0 aromatic heterocycles. The smallest absolute Gasteiger partial charge is 0.125 e. The van der Waals surface area contributed by atoms with Crippen molar-refractivity contribution in [2.45, 2.75) is 26.2 Å². The fourth-order valence-corrected chi connectivity index (χ4v) is 0.817. The monoisotopic (exact) mass is 154 g/mol. The molecule has 0 saturated heterocycles. The van der Waals surface area contributed by atoms with Crippen molar-refractivity contribution in [3.63, 3.8) is 0 Å². The van der Waals surface area contributed by atoms with Gasteiger partial charge in [0, 0.05) is 0 Å². The van der Waals surface area contributed by atoms with Crippen LogP contribution in [0.15, 0.2) is 36.7 Å². The van der Waals surface area contributed by atoms with Crippen molar-refractivity contribution in [2.75, 3.05) is 0 Å². The SMILES string of the molecule is C=C/C(F)=C(\C=C)CCCC. The highest BCUT2D eigenvalue weighted by Gasteiger charge is 1.97. The van der Waals surface area contributed by atoms with Gasteiger partial charge in [-0.1, -0.05) is 32.6 Å². The molecule has 0 aliphatic carbocycles. The Bertz CT molecular complexity index is 166. The summed E-state index contributed by atoms with van der Waals surface area (Å²) < 4.78 is 12.8. The minimum Gasteiger partial charge on any atom is -0.207 e. The molecule has 0 heterocycles. The minimum absolute atomic E-state index is 0.242. The highest BCUT2D eigenvalue weighted by molar-refractivity contribution is 5.26. The summed E-state index contributed by atoms with van der Waals surface area (Å²) in [7, 11) is 0. The second-order valence-electron chi connectivity index (χ2n) is 2.38. The zero-order chi connectivity index (χ0) is 8.69. The summed E-state index contributed by atoms with van der Waals surface area (Å²) in [6, 6.07) is 0. The Labute approximate surface area is 68.1 Å². The summed E-state index contributed by atoms with van der Waals surface area (Å²) in [5, 5.41) is 0. The average Bonchev–Trinajstić information content (AvgIpc) is 2.05. The van der Waals surface area contributed by atoms with Crippen LogP contribution in [0.3, 0.4) is 0 Å². The molecule has 62 valence electrons. The fourth-order valence-electron chi connectivity index (χ4n) is 0.817. The maximum Gasteiger partial charge on any atom is 0.125 e. The maximum absolute atomic E-state index is 12.8. The minimum atomic E-state index is -0.242. The molecule has 0 bridgehead atoms. The van der Waals surface area contributed by atoms with Gasteiger partial charge in [-0.25, -0.2) is 4.39 Å². The van der Waals surface area contributed by atoms with Crippen LogP contribution in [-0.2, 0) is 0 Å². The highest BCUT2D eigenvalue weighted by atomic mass is 19.1.